The second-order valence-electron chi connectivity index (χ2n) is 4.22. The van der Waals surface area contributed by atoms with Crippen LogP contribution in [0.15, 0.2) is 24.3 Å². The van der Waals surface area contributed by atoms with Crippen LogP contribution in [0.4, 0.5) is 4.39 Å². The monoisotopic (exact) mass is 224 g/mol. The summed E-state index contributed by atoms with van der Waals surface area (Å²) in [4.78, 5) is 0. The third-order valence-corrected chi connectivity index (χ3v) is 3.27. The minimum absolute atomic E-state index is 0.0260. The lowest BCUT2D eigenvalue weighted by Crippen LogP contribution is -2.36. The van der Waals surface area contributed by atoms with E-state index in [0.29, 0.717) is 5.92 Å². The first kappa shape index (κ1) is 11.5. The van der Waals surface area contributed by atoms with Crippen molar-refractivity contribution in [2.75, 3.05) is 6.61 Å². The van der Waals surface area contributed by atoms with Gasteiger partial charge in [0.05, 0.1) is 12.1 Å². The van der Waals surface area contributed by atoms with Crippen molar-refractivity contribution >= 4 is 0 Å². The summed E-state index contributed by atoms with van der Waals surface area (Å²) in [5.41, 5.74) is 3.81. The molecule has 1 aliphatic rings. The molecule has 0 saturated carbocycles. The fourth-order valence-electron chi connectivity index (χ4n) is 2.32. The van der Waals surface area contributed by atoms with Gasteiger partial charge >= 0.3 is 0 Å². The second kappa shape index (κ2) is 4.91. The highest BCUT2D eigenvalue weighted by Crippen LogP contribution is 2.32. The summed E-state index contributed by atoms with van der Waals surface area (Å²) in [6.45, 7) is 2.82. The van der Waals surface area contributed by atoms with E-state index in [1.54, 1.807) is 12.1 Å². The Balaban J connectivity index is 2.18. The van der Waals surface area contributed by atoms with Crippen LogP contribution in [0, 0.1) is 11.7 Å². The van der Waals surface area contributed by atoms with E-state index in [4.69, 9.17) is 10.6 Å². The van der Waals surface area contributed by atoms with Gasteiger partial charge in [0, 0.05) is 12.5 Å². The summed E-state index contributed by atoms with van der Waals surface area (Å²) in [6.07, 6.45) is 1.17. The van der Waals surface area contributed by atoms with Gasteiger partial charge in [-0.25, -0.2) is 4.39 Å². The Kier molecular flexibility index (Phi) is 3.53. The Bertz CT molecular complexity index is 341. The maximum atomic E-state index is 12.8. The van der Waals surface area contributed by atoms with E-state index in [-0.39, 0.29) is 18.0 Å². The third-order valence-electron chi connectivity index (χ3n) is 3.27. The van der Waals surface area contributed by atoms with Crippen LogP contribution in [0.3, 0.4) is 0 Å². The zero-order valence-corrected chi connectivity index (χ0v) is 9.32. The number of hydrogen-bond donors (Lipinski definition) is 2. The standard InChI is InChI=1S/C12H17FN2O/c1-8-11(6-7-16-8)12(15-14)9-2-4-10(13)5-3-9/h2-5,8,11-12,15H,6-7,14H2,1H3. The van der Waals surface area contributed by atoms with E-state index in [9.17, 15) is 4.39 Å². The van der Waals surface area contributed by atoms with Crippen LogP contribution in [0.25, 0.3) is 0 Å². The Morgan fingerprint density at radius 3 is 2.62 bits per heavy atom. The summed E-state index contributed by atoms with van der Waals surface area (Å²) in [6, 6.07) is 6.48. The first-order valence-electron chi connectivity index (χ1n) is 5.55. The van der Waals surface area contributed by atoms with Gasteiger partial charge in [0.15, 0.2) is 0 Å². The van der Waals surface area contributed by atoms with Crippen LogP contribution >= 0.6 is 0 Å². The summed E-state index contributed by atoms with van der Waals surface area (Å²) in [5.74, 6) is 5.70. The zero-order chi connectivity index (χ0) is 11.5. The molecule has 1 fully saturated rings. The summed E-state index contributed by atoms with van der Waals surface area (Å²) < 4.78 is 18.4. The molecule has 88 valence electrons. The smallest absolute Gasteiger partial charge is 0.123 e. The number of rotatable bonds is 3. The van der Waals surface area contributed by atoms with Crippen molar-refractivity contribution in [1.29, 1.82) is 0 Å². The zero-order valence-electron chi connectivity index (χ0n) is 9.32. The highest BCUT2D eigenvalue weighted by atomic mass is 19.1. The Labute approximate surface area is 94.8 Å². The molecule has 3 unspecified atom stereocenters. The number of hydrogen-bond acceptors (Lipinski definition) is 3. The van der Waals surface area contributed by atoms with Crippen LogP contribution in [0.1, 0.15) is 24.9 Å². The van der Waals surface area contributed by atoms with Crippen LogP contribution in [0.2, 0.25) is 0 Å². The van der Waals surface area contributed by atoms with Gasteiger partial charge in [-0.15, -0.1) is 0 Å². The molecule has 1 aliphatic heterocycles. The van der Waals surface area contributed by atoms with Crippen LogP contribution in [-0.2, 0) is 4.74 Å². The number of hydrazine groups is 1. The fraction of sp³-hybridized carbons (Fsp3) is 0.500. The van der Waals surface area contributed by atoms with E-state index >= 15 is 0 Å². The predicted octanol–water partition coefficient (Wildman–Crippen LogP) is 1.76. The SMILES string of the molecule is CC1OCCC1C(NN)c1ccc(F)cc1. The highest BCUT2D eigenvalue weighted by molar-refractivity contribution is 5.21. The van der Waals surface area contributed by atoms with Gasteiger partial charge in [-0.05, 0) is 31.0 Å². The summed E-state index contributed by atoms with van der Waals surface area (Å²) >= 11 is 0. The number of benzene rings is 1. The summed E-state index contributed by atoms with van der Waals surface area (Å²) in [7, 11) is 0. The lowest BCUT2D eigenvalue weighted by atomic mass is 9.89. The third kappa shape index (κ3) is 2.24. The Morgan fingerprint density at radius 2 is 2.12 bits per heavy atom. The Hall–Kier alpha value is -0.970. The number of nitrogens with one attached hydrogen (secondary N) is 1. The maximum absolute atomic E-state index is 12.8. The van der Waals surface area contributed by atoms with Gasteiger partial charge < -0.3 is 4.74 Å². The van der Waals surface area contributed by atoms with Gasteiger partial charge in [0.25, 0.3) is 0 Å². The maximum Gasteiger partial charge on any atom is 0.123 e. The van der Waals surface area contributed by atoms with E-state index < -0.39 is 0 Å². The van der Waals surface area contributed by atoms with Crippen molar-refractivity contribution in [3.8, 4) is 0 Å². The van der Waals surface area contributed by atoms with Crippen molar-refractivity contribution in [2.24, 2.45) is 11.8 Å². The van der Waals surface area contributed by atoms with Crippen molar-refractivity contribution < 1.29 is 9.13 Å². The van der Waals surface area contributed by atoms with E-state index in [0.717, 1.165) is 18.6 Å². The van der Waals surface area contributed by atoms with E-state index in [2.05, 4.69) is 5.43 Å². The molecule has 3 nitrogen and oxygen atoms in total. The molecule has 0 spiro atoms. The minimum Gasteiger partial charge on any atom is -0.378 e. The van der Waals surface area contributed by atoms with Gasteiger partial charge in [-0.2, -0.15) is 0 Å². The second-order valence-corrected chi connectivity index (χ2v) is 4.22. The molecule has 3 atom stereocenters. The molecule has 0 aliphatic carbocycles. The molecule has 1 aromatic rings. The predicted molar refractivity (Wildman–Crippen MR) is 60.0 cm³/mol. The molecule has 1 heterocycles. The van der Waals surface area contributed by atoms with Crippen molar-refractivity contribution in [2.45, 2.75) is 25.5 Å². The first-order chi connectivity index (χ1) is 7.72. The normalized spacial score (nSPS) is 26.9. The quantitative estimate of drug-likeness (QED) is 0.607. The lowest BCUT2D eigenvalue weighted by Gasteiger charge is -2.25. The molecule has 1 saturated heterocycles. The lowest BCUT2D eigenvalue weighted by molar-refractivity contribution is 0.0954. The molecule has 16 heavy (non-hydrogen) atoms. The molecule has 0 radical (unpaired) electrons. The topological polar surface area (TPSA) is 47.3 Å². The average Bonchev–Trinajstić information content (AvgIpc) is 2.69. The Morgan fingerprint density at radius 1 is 1.44 bits per heavy atom. The van der Waals surface area contributed by atoms with Crippen LogP contribution < -0.4 is 11.3 Å². The number of halogens is 1. The molecular weight excluding hydrogens is 207 g/mol. The first-order valence-corrected chi connectivity index (χ1v) is 5.55. The fourth-order valence-corrected chi connectivity index (χ4v) is 2.32. The van der Waals surface area contributed by atoms with E-state index in [1.807, 2.05) is 6.92 Å². The van der Waals surface area contributed by atoms with Gasteiger partial charge in [-0.3, -0.25) is 11.3 Å². The molecule has 3 N–H and O–H groups in total. The van der Waals surface area contributed by atoms with E-state index in [1.165, 1.54) is 12.1 Å². The van der Waals surface area contributed by atoms with Gasteiger partial charge in [-0.1, -0.05) is 12.1 Å². The highest BCUT2D eigenvalue weighted by Gasteiger charge is 2.32. The minimum atomic E-state index is -0.227. The summed E-state index contributed by atoms with van der Waals surface area (Å²) in [5, 5.41) is 0. The van der Waals surface area contributed by atoms with Crippen molar-refractivity contribution in [3.05, 3.63) is 35.6 Å². The van der Waals surface area contributed by atoms with Crippen molar-refractivity contribution in [1.82, 2.24) is 5.43 Å². The van der Waals surface area contributed by atoms with Crippen molar-refractivity contribution in [3.63, 3.8) is 0 Å². The average molecular weight is 224 g/mol. The number of nitrogens with two attached hydrogens (primary N) is 1. The van der Waals surface area contributed by atoms with Gasteiger partial charge in [0.1, 0.15) is 5.82 Å². The molecule has 4 heteroatoms. The molecule has 1 aromatic carbocycles. The molecule has 0 amide bonds. The molecule has 0 aromatic heterocycles. The number of ether oxygens (including phenoxy) is 1. The van der Waals surface area contributed by atoms with Crippen LogP contribution in [0.5, 0.6) is 0 Å². The van der Waals surface area contributed by atoms with Gasteiger partial charge in [0.2, 0.25) is 0 Å². The molecule has 0 bridgehead atoms. The molecule has 2 rings (SSSR count). The molecular formula is C12H17FN2O. The van der Waals surface area contributed by atoms with Crippen LogP contribution in [-0.4, -0.2) is 12.7 Å². The largest absolute Gasteiger partial charge is 0.378 e.